The lowest BCUT2D eigenvalue weighted by atomic mass is 9.97. The summed E-state index contributed by atoms with van der Waals surface area (Å²) in [6, 6.07) is 17.6. The molecule has 0 saturated carbocycles. The van der Waals surface area contributed by atoms with Gasteiger partial charge >= 0.3 is 0 Å². The van der Waals surface area contributed by atoms with E-state index < -0.39 is 6.04 Å². The Kier molecular flexibility index (Phi) is 7.14. The predicted octanol–water partition coefficient (Wildman–Crippen LogP) is 4.58. The monoisotopic (exact) mass is 461 g/mol. The van der Waals surface area contributed by atoms with Crippen molar-refractivity contribution in [1.82, 2.24) is 25.1 Å². The van der Waals surface area contributed by atoms with Gasteiger partial charge in [0.2, 0.25) is 5.91 Å². The molecule has 33 heavy (non-hydrogen) atoms. The van der Waals surface area contributed by atoms with Gasteiger partial charge in [-0.05, 0) is 47.4 Å². The molecule has 2 aromatic carbocycles. The molecule has 0 unspecified atom stereocenters. The van der Waals surface area contributed by atoms with Gasteiger partial charge < -0.3 is 9.88 Å². The van der Waals surface area contributed by atoms with E-state index in [0.29, 0.717) is 16.5 Å². The second kappa shape index (κ2) is 10.4. The van der Waals surface area contributed by atoms with E-state index in [4.69, 9.17) is 0 Å². The molecule has 6 nitrogen and oxygen atoms in total. The van der Waals surface area contributed by atoms with E-state index in [-0.39, 0.29) is 17.5 Å². The lowest BCUT2D eigenvalue weighted by molar-refractivity contribution is -0.119. The third kappa shape index (κ3) is 5.46. The summed E-state index contributed by atoms with van der Waals surface area (Å²) < 4.78 is 15.8. The highest BCUT2D eigenvalue weighted by Crippen LogP contribution is 2.25. The molecule has 0 aliphatic carbocycles. The van der Waals surface area contributed by atoms with Crippen molar-refractivity contribution in [3.05, 3.63) is 95.6 Å². The SMILES string of the molecule is CCc1ccc([C@H](NC(=O)CSc2nnc(-c3ccncc3)n2C)c2cccc(F)c2)cc1. The van der Waals surface area contributed by atoms with Gasteiger partial charge in [0, 0.05) is 25.0 Å². The van der Waals surface area contributed by atoms with Crippen LogP contribution in [0.2, 0.25) is 0 Å². The third-order valence-electron chi connectivity index (χ3n) is 5.31. The molecule has 2 heterocycles. The van der Waals surface area contributed by atoms with Gasteiger partial charge in [-0.25, -0.2) is 4.39 Å². The van der Waals surface area contributed by atoms with Crippen LogP contribution in [-0.4, -0.2) is 31.4 Å². The number of amides is 1. The zero-order valence-corrected chi connectivity index (χ0v) is 19.2. The van der Waals surface area contributed by atoms with Crippen molar-refractivity contribution in [2.24, 2.45) is 7.05 Å². The highest BCUT2D eigenvalue weighted by molar-refractivity contribution is 7.99. The highest BCUT2D eigenvalue weighted by atomic mass is 32.2. The Morgan fingerprint density at radius 3 is 2.52 bits per heavy atom. The topological polar surface area (TPSA) is 72.7 Å². The molecular weight excluding hydrogens is 437 g/mol. The van der Waals surface area contributed by atoms with Crippen LogP contribution < -0.4 is 5.32 Å². The number of aryl methyl sites for hydroxylation is 1. The minimum absolute atomic E-state index is 0.154. The Balaban J connectivity index is 1.49. The quantitative estimate of drug-likeness (QED) is 0.389. The summed E-state index contributed by atoms with van der Waals surface area (Å²) in [5.74, 6) is 0.339. The fourth-order valence-electron chi connectivity index (χ4n) is 3.52. The van der Waals surface area contributed by atoms with Gasteiger partial charge in [-0.2, -0.15) is 0 Å². The van der Waals surface area contributed by atoms with Gasteiger partial charge in [-0.3, -0.25) is 9.78 Å². The Hall–Kier alpha value is -3.52. The Bertz CT molecular complexity index is 1230. The van der Waals surface area contributed by atoms with Crippen molar-refractivity contribution in [3.63, 3.8) is 0 Å². The molecule has 0 fully saturated rings. The standard InChI is InChI=1S/C25H24FN5OS/c1-3-17-7-9-18(10-8-17)23(20-5-4-6-21(26)15-20)28-22(32)16-33-25-30-29-24(31(25)2)19-11-13-27-14-12-19/h4-15,23H,3,16H2,1-2H3,(H,28,32)/t23-/m0/s1. The lowest BCUT2D eigenvalue weighted by Crippen LogP contribution is -2.30. The van der Waals surface area contributed by atoms with E-state index in [1.165, 1.54) is 29.5 Å². The molecule has 8 heteroatoms. The lowest BCUT2D eigenvalue weighted by Gasteiger charge is -2.20. The second-order valence-corrected chi connectivity index (χ2v) is 8.48. The van der Waals surface area contributed by atoms with Crippen LogP contribution in [0.4, 0.5) is 4.39 Å². The highest BCUT2D eigenvalue weighted by Gasteiger charge is 2.19. The molecule has 1 N–H and O–H groups in total. The Labute approximate surface area is 196 Å². The predicted molar refractivity (Wildman–Crippen MR) is 127 cm³/mol. The zero-order chi connectivity index (χ0) is 23.2. The molecule has 0 bridgehead atoms. The van der Waals surface area contributed by atoms with E-state index in [2.05, 4.69) is 27.4 Å². The van der Waals surface area contributed by atoms with Crippen LogP contribution in [0.5, 0.6) is 0 Å². The number of pyridine rings is 1. The molecule has 0 aliphatic rings. The summed E-state index contributed by atoms with van der Waals surface area (Å²) in [5, 5.41) is 12.1. The number of carbonyl (C=O) groups is 1. The van der Waals surface area contributed by atoms with E-state index in [1.807, 2.05) is 54.1 Å². The van der Waals surface area contributed by atoms with Crippen LogP contribution in [0.25, 0.3) is 11.4 Å². The summed E-state index contributed by atoms with van der Waals surface area (Å²) in [6.07, 6.45) is 4.32. The van der Waals surface area contributed by atoms with Crippen LogP contribution in [0.15, 0.2) is 78.2 Å². The molecule has 0 aliphatic heterocycles. The number of carbonyl (C=O) groups excluding carboxylic acids is 1. The number of hydrogen-bond donors (Lipinski definition) is 1. The number of benzene rings is 2. The summed E-state index contributed by atoms with van der Waals surface area (Å²) in [6.45, 7) is 2.09. The van der Waals surface area contributed by atoms with Gasteiger partial charge in [-0.15, -0.1) is 10.2 Å². The first-order valence-corrected chi connectivity index (χ1v) is 11.6. The fourth-order valence-corrected chi connectivity index (χ4v) is 4.24. The Morgan fingerprint density at radius 1 is 1.06 bits per heavy atom. The fraction of sp³-hybridized carbons (Fsp3) is 0.200. The van der Waals surface area contributed by atoms with Crippen LogP contribution in [0, 0.1) is 5.82 Å². The van der Waals surface area contributed by atoms with E-state index >= 15 is 0 Å². The smallest absolute Gasteiger partial charge is 0.231 e. The van der Waals surface area contributed by atoms with Crippen molar-refractivity contribution in [2.75, 3.05) is 5.75 Å². The number of halogens is 1. The van der Waals surface area contributed by atoms with Crippen molar-refractivity contribution >= 4 is 17.7 Å². The van der Waals surface area contributed by atoms with E-state index in [0.717, 1.165) is 17.5 Å². The first-order chi connectivity index (χ1) is 16.0. The molecule has 0 radical (unpaired) electrons. The molecular formula is C25H24FN5OS. The summed E-state index contributed by atoms with van der Waals surface area (Å²) in [5.41, 5.74) is 3.69. The largest absolute Gasteiger partial charge is 0.344 e. The molecule has 0 saturated heterocycles. The van der Waals surface area contributed by atoms with Crippen molar-refractivity contribution in [1.29, 1.82) is 0 Å². The van der Waals surface area contributed by atoms with Crippen LogP contribution in [0.3, 0.4) is 0 Å². The normalized spacial score (nSPS) is 11.8. The minimum atomic E-state index is -0.452. The van der Waals surface area contributed by atoms with Gasteiger partial charge in [-0.1, -0.05) is 55.1 Å². The molecule has 0 spiro atoms. The maximum Gasteiger partial charge on any atom is 0.231 e. The molecule has 1 amide bonds. The molecule has 168 valence electrons. The second-order valence-electron chi connectivity index (χ2n) is 7.54. The molecule has 2 aromatic heterocycles. The van der Waals surface area contributed by atoms with Gasteiger partial charge in [0.1, 0.15) is 5.82 Å². The van der Waals surface area contributed by atoms with Crippen molar-refractivity contribution in [3.8, 4) is 11.4 Å². The van der Waals surface area contributed by atoms with Gasteiger partial charge in [0.05, 0.1) is 11.8 Å². The number of rotatable bonds is 8. The average molecular weight is 462 g/mol. The van der Waals surface area contributed by atoms with E-state index in [9.17, 15) is 9.18 Å². The van der Waals surface area contributed by atoms with Crippen LogP contribution in [-0.2, 0) is 18.3 Å². The molecule has 1 atom stereocenters. The zero-order valence-electron chi connectivity index (χ0n) is 18.4. The first kappa shape index (κ1) is 22.7. The molecule has 4 rings (SSSR count). The summed E-state index contributed by atoms with van der Waals surface area (Å²) in [7, 11) is 1.86. The van der Waals surface area contributed by atoms with Gasteiger partial charge in [0.15, 0.2) is 11.0 Å². The maximum absolute atomic E-state index is 13.9. The Morgan fingerprint density at radius 2 is 1.82 bits per heavy atom. The summed E-state index contributed by atoms with van der Waals surface area (Å²) in [4.78, 5) is 16.9. The maximum atomic E-state index is 13.9. The number of hydrogen-bond acceptors (Lipinski definition) is 5. The van der Waals surface area contributed by atoms with Crippen LogP contribution in [0.1, 0.15) is 29.7 Å². The van der Waals surface area contributed by atoms with Crippen LogP contribution >= 0.6 is 11.8 Å². The molecule has 4 aromatic rings. The first-order valence-electron chi connectivity index (χ1n) is 10.6. The number of aromatic nitrogens is 4. The third-order valence-corrected chi connectivity index (χ3v) is 6.33. The van der Waals surface area contributed by atoms with Crippen molar-refractivity contribution < 1.29 is 9.18 Å². The van der Waals surface area contributed by atoms with Gasteiger partial charge in [0.25, 0.3) is 0 Å². The number of thioether (sulfide) groups is 1. The number of nitrogens with one attached hydrogen (secondary N) is 1. The minimum Gasteiger partial charge on any atom is -0.344 e. The summed E-state index contributed by atoms with van der Waals surface area (Å²) >= 11 is 1.30. The number of nitrogens with zero attached hydrogens (tertiary/aromatic N) is 4. The van der Waals surface area contributed by atoms with E-state index in [1.54, 1.807) is 18.5 Å². The van der Waals surface area contributed by atoms with Crippen molar-refractivity contribution in [2.45, 2.75) is 24.5 Å². The average Bonchev–Trinajstić information content (AvgIpc) is 3.22.